The average Bonchev–Trinajstić information content (AvgIpc) is 2.75. The number of benzene rings is 1. The molecule has 1 aromatic rings. The summed E-state index contributed by atoms with van der Waals surface area (Å²) in [5.74, 6) is -0.181. The molecule has 1 saturated heterocycles. The summed E-state index contributed by atoms with van der Waals surface area (Å²) < 4.78 is 0. The van der Waals surface area contributed by atoms with Gasteiger partial charge in [0.25, 0.3) is 5.91 Å². The van der Waals surface area contributed by atoms with E-state index in [1.54, 1.807) is 29.2 Å². The zero-order valence-corrected chi connectivity index (χ0v) is 8.80. The van der Waals surface area contributed by atoms with Gasteiger partial charge in [-0.2, -0.15) is 0 Å². The van der Waals surface area contributed by atoms with E-state index in [1.165, 1.54) is 0 Å². The molecule has 0 aromatic heterocycles. The molecule has 1 N–H and O–H groups in total. The van der Waals surface area contributed by atoms with Crippen molar-refractivity contribution in [1.82, 2.24) is 4.90 Å². The highest BCUT2D eigenvalue weighted by molar-refractivity contribution is 6.01. The van der Waals surface area contributed by atoms with Gasteiger partial charge in [-0.3, -0.25) is 9.59 Å². The Kier molecular flexibility index (Phi) is 3.01. The van der Waals surface area contributed by atoms with Crippen LogP contribution in [0, 0.1) is 0 Å². The zero-order chi connectivity index (χ0) is 11.5. The topological polar surface area (TPSA) is 57.6 Å². The Labute approximate surface area is 93.5 Å². The summed E-state index contributed by atoms with van der Waals surface area (Å²) in [7, 11) is 0. The number of rotatable bonds is 2. The Morgan fingerprint density at radius 2 is 2.19 bits per heavy atom. The number of hydrogen-bond donors (Lipinski definition) is 1. The molecule has 16 heavy (non-hydrogen) atoms. The monoisotopic (exact) mass is 219 g/mol. The number of hydrogen-bond acceptors (Lipinski definition) is 3. The molecule has 84 valence electrons. The molecule has 0 spiro atoms. The molecule has 1 aromatic carbocycles. The van der Waals surface area contributed by atoms with Crippen molar-refractivity contribution < 1.29 is 14.7 Å². The Morgan fingerprint density at radius 3 is 2.81 bits per heavy atom. The highest BCUT2D eigenvalue weighted by Crippen LogP contribution is 2.15. The van der Waals surface area contributed by atoms with E-state index < -0.39 is 6.10 Å². The Bertz CT molecular complexity index is 416. The molecule has 2 rings (SSSR count). The first-order chi connectivity index (χ1) is 7.72. The number of amides is 1. The smallest absolute Gasteiger partial charge is 0.254 e. The summed E-state index contributed by atoms with van der Waals surface area (Å²) in [5, 5.41) is 9.36. The first kappa shape index (κ1) is 10.8. The molecular weight excluding hydrogens is 206 g/mol. The molecule has 4 nitrogen and oxygen atoms in total. The van der Waals surface area contributed by atoms with E-state index in [1.807, 2.05) is 0 Å². The molecule has 0 radical (unpaired) electrons. The predicted molar refractivity (Wildman–Crippen MR) is 58.4 cm³/mol. The van der Waals surface area contributed by atoms with Gasteiger partial charge in [0.15, 0.2) is 6.29 Å². The third-order valence-corrected chi connectivity index (χ3v) is 2.77. The molecule has 1 heterocycles. The second-order valence-electron chi connectivity index (χ2n) is 3.90. The summed E-state index contributed by atoms with van der Waals surface area (Å²) in [6.07, 6.45) is 0.849. The van der Waals surface area contributed by atoms with Crippen molar-refractivity contribution in [2.45, 2.75) is 12.5 Å². The Hall–Kier alpha value is -1.68. The summed E-state index contributed by atoms with van der Waals surface area (Å²) >= 11 is 0. The highest BCUT2D eigenvalue weighted by atomic mass is 16.3. The van der Waals surface area contributed by atoms with Crippen LogP contribution in [0.15, 0.2) is 24.3 Å². The molecule has 1 fully saturated rings. The number of carbonyl (C=O) groups excluding carboxylic acids is 2. The maximum atomic E-state index is 12.0. The van der Waals surface area contributed by atoms with Crippen LogP contribution in [0.1, 0.15) is 27.1 Å². The largest absolute Gasteiger partial charge is 0.391 e. The third-order valence-electron chi connectivity index (χ3n) is 2.77. The van der Waals surface area contributed by atoms with Crippen molar-refractivity contribution in [3.8, 4) is 0 Å². The fourth-order valence-corrected chi connectivity index (χ4v) is 1.89. The number of aliphatic hydroxyl groups is 1. The highest BCUT2D eigenvalue weighted by Gasteiger charge is 2.26. The lowest BCUT2D eigenvalue weighted by molar-refractivity contribution is 0.0762. The van der Waals surface area contributed by atoms with Gasteiger partial charge in [0.05, 0.1) is 11.7 Å². The second kappa shape index (κ2) is 4.45. The zero-order valence-electron chi connectivity index (χ0n) is 8.80. The van der Waals surface area contributed by atoms with Crippen LogP contribution < -0.4 is 0 Å². The summed E-state index contributed by atoms with van der Waals surface area (Å²) in [5.41, 5.74) is 0.806. The van der Waals surface area contributed by atoms with Crippen molar-refractivity contribution in [1.29, 1.82) is 0 Å². The van der Waals surface area contributed by atoms with Crippen LogP contribution in [0.25, 0.3) is 0 Å². The van der Waals surface area contributed by atoms with Gasteiger partial charge in [-0.15, -0.1) is 0 Å². The Morgan fingerprint density at radius 1 is 1.44 bits per heavy atom. The van der Waals surface area contributed by atoms with Gasteiger partial charge in [0.1, 0.15) is 0 Å². The molecule has 0 unspecified atom stereocenters. The van der Waals surface area contributed by atoms with Crippen molar-refractivity contribution in [2.75, 3.05) is 13.1 Å². The summed E-state index contributed by atoms with van der Waals surface area (Å²) in [4.78, 5) is 24.4. The van der Waals surface area contributed by atoms with E-state index >= 15 is 0 Å². The number of aliphatic hydroxyl groups excluding tert-OH is 1. The van der Waals surface area contributed by atoms with E-state index in [0.717, 1.165) is 0 Å². The number of nitrogens with zero attached hydrogens (tertiary/aromatic N) is 1. The second-order valence-corrected chi connectivity index (χ2v) is 3.90. The molecule has 0 saturated carbocycles. The van der Waals surface area contributed by atoms with Crippen LogP contribution >= 0.6 is 0 Å². The molecular formula is C12H13NO3. The minimum absolute atomic E-state index is 0.181. The van der Waals surface area contributed by atoms with Gasteiger partial charge in [0.2, 0.25) is 0 Å². The van der Waals surface area contributed by atoms with Gasteiger partial charge in [0, 0.05) is 18.7 Å². The van der Waals surface area contributed by atoms with Crippen LogP contribution in [-0.2, 0) is 0 Å². The molecule has 1 aliphatic rings. The molecule has 1 atom stereocenters. The fraction of sp³-hybridized carbons (Fsp3) is 0.333. The van der Waals surface area contributed by atoms with Crippen molar-refractivity contribution in [2.24, 2.45) is 0 Å². The molecule has 0 bridgehead atoms. The first-order valence-corrected chi connectivity index (χ1v) is 5.24. The van der Waals surface area contributed by atoms with E-state index in [4.69, 9.17) is 0 Å². The van der Waals surface area contributed by atoms with E-state index in [0.29, 0.717) is 36.9 Å². The van der Waals surface area contributed by atoms with Gasteiger partial charge in [-0.05, 0) is 12.5 Å². The number of carbonyl (C=O) groups is 2. The van der Waals surface area contributed by atoms with Crippen LogP contribution in [0.2, 0.25) is 0 Å². The van der Waals surface area contributed by atoms with E-state index in [2.05, 4.69) is 0 Å². The van der Waals surface area contributed by atoms with Gasteiger partial charge < -0.3 is 10.0 Å². The lowest BCUT2D eigenvalue weighted by Crippen LogP contribution is -2.30. The van der Waals surface area contributed by atoms with Gasteiger partial charge in [-0.25, -0.2) is 0 Å². The quantitative estimate of drug-likeness (QED) is 0.745. The summed E-state index contributed by atoms with van der Waals surface area (Å²) in [6.45, 7) is 0.902. The lowest BCUT2D eigenvalue weighted by Gasteiger charge is -2.16. The van der Waals surface area contributed by atoms with Crippen molar-refractivity contribution >= 4 is 12.2 Å². The molecule has 4 heteroatoms. The van der Waals surface area contributed by atoms with Crippen LogP contribution in [0.3, 0.4) is 0 Å². The molecule has 0 aliphatic carbocycles. The van der Waals surface area contributed by atoms with Crippen LogP contribution in [0.4, 0.5) is 0 Å². The van der Waals surface area contributed by atoms with Crippen LogP contribution in [0.5, 0.6) is 0 Å². The minimum atomic E-state index is -0.438. The number of aldehydes is 1. The average molecular weight is 219 g/mol. The fourth-order valence-electron chi connectivity index (χ4n) is 1.89. The SMILES string of the molecule is O=Cc1ccccc1C(=O)N1CC[C@H](O)C1. The summed E-state index contributed by atoms with van der Waals surface area (Å²) in [6, 6.07) is 6.70. The lowest BCUT2D eigenvalue weighted by atomic mass is 10.1. The molecule has 1 amide bonds. The minimum Gasteiger partial charge on any atom is -0.391 e. The van der Waals surface area contributed by atoms with Crippen molar-refractivity contribution in [3.05, 3.63) is 35.4 Å². The van der Waals surface area contributed by atoms with E-state index in [9.17, 15) is 14.7 Å². The van der Waals surface area contributed by atoms with E-state index in [-0.39, 0.29) is 5.91 Å². The Balaban J connectivity index is 2.23. The third kappa shape index (κ3) is 1.97. The van der Waals surface area contributed by atoms with Gasteiger partial charge in [-0.1, -0.05) is 18.2 Å². The molecule has 1 aliphatic heterocycles. The maximum absolute atomic E-state index is 12.0. The first-order valence-electron chi connectivity index (χ1n) is 5.24. The standard InChI is InChI=1S/C12H13NO3/c14-8-9-3-1-2-4-11(9)12(16)13-6-5-10(15)7-13/h1-4,8,10,15H,5-7H2/t10-/m0/s1. The normalized spacial score (nSPS) is 19.8. The van der Waals surface area contributed by atoms with Gasteiger partial charge >= 0.3 is 0 Å². The maximum Gasteiger partial charge on any atom is 0.254 e. The van der Waals surface area contributed by atoms with Crippen LogP contribution in [-0.4, -0.2) is 41.4 Å². The number of likely N-dealkylation sites (tertiary alicyclic amines) is 1. The number of β-amino-alcohol motifs (C(OH)–C–C–N with tert-alkyl or cyclic N) is 1. The van der Waals surface area contributed by atoms with Crippen molar-refractivity contribution in [3.63, 3.8) is 0 Å². The predicted octanol–water partition coefficient (Wildman–Crippen LogP) is 0.706.